The fourth-order valence-corrected chi connectivity index (χ4v) is 4.18. The summed E-state index contributed by atoms with van der Waals surface area (Å²) < 4.78 is 18.6. The number of halogens is 1. The maximum atomic E-state index is 13.4. The van der Waals surface area contributed by atoms with E-state index in [0.29, 0.717) is 19.4 Å². The Kier molecular flexibility index (Phi) is 6.20. The molecule has 29 heavy (non-hydrogen) atoms. The van der Waals surface area contributed by atoms with Gasteiger partial charge in [-0.3, -0.25) is 9.59 Å². The van der Waals surface area contributed by atoms with Gasteiger partial charge >= 0.3 is 0 Å². The van der Waals surface area contributed by atoms with E-state index in [9.17, 15) is 14.0 Å². The number of hydrogen-bond acceptors (Lipinski definition) is 3. The van der Waals surface area contributed by atoms with Crippen LogP contribution in [0.25, 0.3) is 0 Å². The highest BCUT2D eigenvalue weighted by atomic mass is 19.1. The number of likely N-dealkylation sites (tertiary alicyclic amines) is 1. The predicted octanol–water partition coefficient (Wildman–Crippen LogP) is 3.72. The van der Waals surface area contributed by atoms with Gasteiger partial charge < -0.3 is 15.4 Å². The van der Waals surface area contributed by atoms with Crippen molar-refractivity contribution in [1.29, 1.82) is 0 Å². The molecule has 6 heteroatoms. The number of hydrogen-bond donors (Lipinski definition) is 1. The van der Waals surface area contributed by atoms with Crippen LogP contribution >= 0.6 is 0 Å². The minimum atomic E-state index is -0.504. The fraction of sp³-hybridized carbons (Fsp3) is 0.391. The number of nitrogens with zero attached hydrogens (tertiary/aromatic N) is 1. The molecule has 5 nitrogen and oxygen atoms in total. The molecule has 0 saturated carbocycles. The van der Waals surface area contributed by atoms with E-state index in [1.807, 2.05) is 36.1 Å². The lowest BCUT2D eigenvalue weighted by Gasteiger charge is -2.44. The third-order valence-electron chi connectivity index (χ3n) is 6.01. The Morgan fingerprint density at radius 2 is 1.86 bits per heavy atom. The average Bonchev–Trinajstić information content (AvgIpc) is 2.72. The second kappa shape index (κ2) is 8.64. The molecule has 3 rings (SSSR count). The number of primary amides is 1. The van der Waals surface area contributed by atoms with Gasteiger partial charge in [0.1, 0.15) is 11.6 Å². The zero-order chi connectivity index (χ0) is 21.0. The van der Waals surface area contributed by atoms with Crippen molar-refractivity contribution in [1.82, 2.24) is 4.90 Å². The van der Waals surface area contributed by atoms with Crippen molar-refractivity contribution >= 4 is 11.8 Å². The van der Waals surface area contributed by atoms with E-state index in [4.69, 9.17) is 10.5 Å². The molecule has 2 N–H and O–H groups in total. The number of amides is 2. The summed E-state index contributed by atoms with van der Waals surface area (Å²) in [6.07, 6.45) is 1.63. The first-order chi connectivity index (χ1) is 13.8. The number of rotatable bonds is 7. The summed E-state index contributed by atoms with van der Waals surface area (Å²) in [4.78, 5) is 26.4. The number of carbonyl (C=O) groups is 2. The summed E-state index contributed by atoms with van der Waals surface area (Å²) in [5, 5.41) is 0. The van der Waals surface area contributed by atoms with Gasteiger partial charge in [0, 0.05) is 24.8 Å². The minimum Gasteiger partial charge on any atom is -0.497 e. The largest absolute Gasteiger partial charge is 0.497 e. The molecular weight excluding hydrogens is 371 g/mol. The number of benzene rings is 2. The first-order valence-electron chi connectivity index (χ1n) is 9.82. The molecule has 0 unspecified atom stereocenters. The highest BCUT2D eigenvalue weighted by Gasteiger charge is 2.41. The van der Waals surface area contributed by atoms with Gasteiger partial charge in [0.25, 0.3) is 0 Å². The molecule has 0 bridgehead atoms. The lowest BCUT2D eigenvalue weighted by Crippen LogP contribution is -2.47. The van der Waals surface area contributed by atoms with Crippen LogP contribution in [0.4, 0.5) is 4.39 Å². The monoisotopic (exact) mass is 398 g/mol. The summed E-state index contributed by atoms with van der Waals surface area (Å²) in [6, 6.07) is 13.9. The number of nitrogens with two attached hydrogens (primary N) is 1. The van der Waals surface area contributed by atoms with Crippen LogP contribution in [-0.4, -0.2) is 30.4 Å². The van der Waals surface area contributed by atoms with Crippen molar-refractivity contribution in [3.05, 3.63) is 65.5 Å². The lowest BCUT2D eigenvalue weighted by atomic mass is 9.69. The first kappa shape index (κ1) is 20.8. The van der Waals surface area contributed by atoms with Crippen molar-refractivity contribution < 1.29 is 18.7 Å². The zero-order valence-corrected chi connectivity index (χ0v) is 16.9. The predicted molar refractivity (Wildman–Crippen MR) is 109 cm³/mol. The Balaban J connectivity index is 1.82. The number of methoxy groups -OCH3 is 1. The van der Waals surface area contributed by atoms with Gasteiger partial charge in [-0.2, -0.15) is 0 Å². The van der Waals surface area contributed by atoms with Gasteiger partial charge in [0.05, 0.1) is 13.2 Å². The van der Waals surface area contributed by atoms with E-state index < -0.39 is 11.3 Å². The second-order valence-electron chi connectivity index (χ2n) is 7.72. The third kappa shape index (κ3) is 4.58. The van der Waals surface area contributed by atoms with E-state index in [1.54, 1.807) is 19.2 Å². The van der Waals surface area contributed by atoms with Crippen molar-refractivity contribution in [2.75, 3.05) is 13.7 Å². The molecular formula is C23H27FN2O3. The van der Waals surface area contributed by atoms with Gasteiger partial charge in [-0.05, 0) is 55.2 Å². The Hall–Kier alpha value is -2.89. The van der Waals surface area contributed by atoms with Crippen molar-refractivity contribution in [2.45, 2.75) is 44.1 Å². The molecule has 0 aliphatic carbocycles. The van der Waals surface area contributed by atoms with Crippen LogP contribution < -0.4 is 10.5 Å². The Morgan fingerprint density at radius 3 is 2.41 bits per heavy atom. The van der Waals surface area contributed by atoms with Crippen LogP contribution in [0.15, 0.2) is 48.5 Å². The standard InChI is InChI=1S/C23H27FN2O3/c1-16(17-3-9-20(29-2)10-4-17)26-14-13-23(15-22(26)28,12-11-21(25)27)18-5-7-19(24)8-6-18/h3-10,16H,11-15H2,1-2H3,(H2,25,27)/t16-,23+/m0/s1. The third-order valence-corrected chi connectivity index (χ3v) is 6.01. The Morgan fingerprint density at radius 1 is 1.21 bits per heavy atom. The molecule has 154 valence electrons. The highest BCUT2D eigenvalue weighted by molar-refractivity contribution is 5.80. The Labute approximate surface area is 170 Å². The van der Waals surface area contributed by atoms with Crippen molar-refractivity contribution in [2.24, 2.45) is 5.73 Å². The average molecular weight is 398 g/mol. The first-order valence-corrected chi connectivity index (χ1v) is 9.82. The number of ether oxygens (including phenoxy) is 1. The molecule has 2 atom stereocenters. The Bertz CT molecular complexity index is 867. The summed E-state index contributed by atoms with van der Waals surface area (Å²) in [7, 11) is 1.62. The smallest absolute Gasteiger partial charge is 0.223 e. The molecule has 2 aromatic carbocycles. The van der Waals surface area contributed by atoms with Crippen LogP contribution in [0.3, 0.4) is 0 Å². The van der Waals surface area contributed by atoms with E-state index in [0.717, 1.165) is 16.9 Å². The maximum absolute atomic E-state index is 13.4. The summed E-state index contributed by atoms with van der Waals surface area (Å²) in [5.41, 5.74) is 6.78. The van der Waals surface area contributed by atoms with Gasteiger partial charge in [0.15, 0.2) is 0 Å². The number of piperidine rings is 1. The SMILES string of the molecule is COc1ccc([C@H](C)N2CC[C@@](CCC(N)=O)(c3ccc(F)cc3)CC2=O)cc1. The van der Waals surface area contributed by atoms with Gasteiger partial charge in [-0.1, -0.05) is 24.3 Å². The minimum absolute atomic E-state index is 0.0216. The molecule has 1 aliphatic rings. The van der Waals surface area contributed by atoms with Crippen LogP contribution in [0.1, 0.15) is 49.8 Å². The summed E-state index contributed by atoms with van der Waals surface area (Å²) in [5.74, 6) is 0.0738. The lowest BCUT2D eigenvalue weighted by molar-refractivity contribution is -0.139. The molecule has 2 amide bonds. The maximum Gasteiger partial charge on any atom is 0.223 e. The van der Waals surface area contributed by atoms with Crippen molar-refractivity contribution in [3.63, 3.8) is 0 Å². The van der Waals surface area contributed by atoms with E-state index in [-0.39, 0.29) is 30.6 Å². The van der Waals surface area contributed by atoms with E-state index in [1.165, 1.54) is 12.1 Å². The highest BCUT2D eigenvalue weighted by Crippen LogP contribution is 2.42. The molecule has 1 aliphatic heterocycles. The second-order valence-corrected chi connectivity index (χ2v) is 7.72. The van der Waals surface area contributed by atoms with E-state index >= 15 is 0 Å². The van der Waals surface area contributed by atoms with Crippen LogP contribution in [0, 0.1) is 5.82 Å². The topological polar surface area (TPSA) is 72.6 Å². The van der Waals surface area contributed by atoms with Gasteiger partial charge in [-0.15, -0.1) is 0 Å². The molecule has 1 heterocycles. The quantitative estimate of drug-likeness (QED) is 0.773. The molecule has 1 fully saturated rings. The molecule has 0 radical (unpaired) electrons. The van der Waals surface area contributed by atoms with E-state index in [2.05, 4.69) is 0 Å². The van der Waals surface area contributed by atoms with Gasteiger partial charge in [-0.25, -0.2) is 4.39 Å². The normalized spacial score (nSPS) is 20.4. The van der Waals surface area contributed by atoms with Crippen LogP contribution in [-0.2, 0) is 15.0 Å². The molecule has 0 spiro atoms. The summed E-state index contributed by atoms with van der Waals surface area (Å²) in [6.45, 7) is 2.57. The molecule has 2 aromatic rings. The van der Waals surface area contributed by atoms with Crippen molar-refractivity contribution in [3.8, 4) is 5.75 Å². The number of carbonyl (C=O) groups excluding carboxylic acids is 2. The van der Waals surface area contributed by atoms with Gasteiger partial charge in [0.2, 0.25) is 11.8 Å². The van der Waals surface area contributed by atoms with Crippen LogP contribution in [0.5, 0.6) is 5.75 Å². The molecule has 1 saturated heterocycles. The fourth-order valence-electron chi connectivity index (χ4n) is 4.18. The zero-order valence-electron chi connectivity index (χ0n) is 16.9. The molecule has 0 aromatic heterocycles. The van der Waals surface area contributed by atoms with Crippen LogP contribution in [0.2, 0.25) is 0 Å². The summed E-state index contributed by atoms with van der Waals surface area (Å²) >= 11 is 0.